The standard InChI is InChI=1S/C23H26F2N6O2/c1-32-22-20-18(15-7-9-31-17(10-15)6-8-27-31)11-26-21(20)29-23(30-22)28-16-4-2-14(3-5-16)12-33-13-19(24)25/h6-11,14,16,19H,2-5,12-13H2,1H3,(H2,26,28,29,30). The van der Waals surface area contributed by atoms with Crippen molar-refractivity contribution in [3.8, 4) is 17.0 Å². The molecular formula is C23H26F2N6O2. The summed E-state index contributed by atoms with van der Waals surface area (Å²) >= 11 is 0. The van der Waals surface area contributed by atoms with Crippen LogP contribution in [0.1, 0.15) is 25.7 Å². The number of anilines is 1. The fourth-order valence-corrected chi connectivity index (χ4v) is 4.51. The summed E-state index contributed by atoms with van der Waals surface area (Å²) in [4.78, 5) is 12.6. The van der Waals surface area contributed by atoms with Gasteiger partial charge in [-0.1, -0.05) is 0 Å². The monoisotopic (exact) mass is 456 g/mol. The summed E-state index contributed by atoms with van der Waals surface area (Å²) in [6, 6.07) is 6.23. The van der Waals surface area contributed by atoms with Crippen molar-refractivity contribution >= 4 is 22.5 Å². The minimum absolute atomic E-state index is 0.220. The van der Waals surface area contributed by atoms with Crippen LogP contribution in [-0.2, 0) is 4.74 Å². The molecule has 0 bridgehead atoms. The zero-order chi connectivity index (χ0) is 22.8. The number of hydrogen-bond donors (Lipinski definition) is 2. The van der Waals surface area contributed by atoms with Crippen LogP contribution in [0.3, 0.4) is 0 Å². The summed E-state index contributed by atoms with van der Waals surface area (Å²) in [5.41, 5.74) is 3.67. The van der Waals surface area contributed by atoms with E-state index in [0.717, 1.165) is 47.7 Å². The maximum atomic E-state index is 12.2. The van der Waals surface area contributed by atoms with E-state index in [-0.39, 0.29) is 6.04 Å². The van der Waals surface area contributed by atoms with Crippen LogP contribution < -0.4 is 10.1 Å². The summed E-state index contributed by atoms with van der Waals surface area (Å²) in [6.45, 7) is -0.0933. The first kappa shape index (κ1) is 21.6. The summed E-state index contributed by atoms with van der Waals surface area (Å²) in [6.07, 6.45) is 6.85. The Morgan fingerprint density at radius 2 is 2.06 bits per heavy atom. The number of aromatic amines is 1. The third-order valence-electron chi connectivity index (χ3n) is 6.18. The average molecular weight is 456 g/mol. The number of pyridine rings is 1. The number of H-pyrrole nitrogens is 1. The minimum atomic E-state index is -2.41. The first-order valence-corrected chi connectivity index (χ1v) is 11.1. The second-order valence-corrected chi connectivity index (χ2v) is 8.39. The largest absolute Gasteiger partial charge is 0.480 e. The minimum Gasteiger partial charge on any atom is -0.480 e. The highest BCUT2D eigenvalue weighted by atomic mass is 19.3. The Morgan fingerprint density at radius 1 is 1.21 bits per heavy atom. The molecule has 4 heterocycles. The van der Waals surface area contributed by atoms with Crippen molar-refractivity contribution in [1.82, 2.24) is 24.6 Å². The van der Waals surface area contributed by atoms with Gasteiger partial charge in [0.2, 0.25) is 11.8 Å². The molecule has 1 saturated carbocycles. The van der Waals surface area contributed by atoms with Gasteiger partial charge >= 0.3 is 0 Å². The molecule has 8 nitrogen and oxygen atoms in total. The molecule has 0 aliphatic heterocycles. The average Bonchev–Trinajstić information content (AvgIpc) is 3.46. The smallest absolute Gasteiger partial charge is 0.261 e. The van der Waals surface area contributed by atoms with Crippen molar-refractivity contribution in [3.05, 3.63) is 36.8 Å². The third kappa shape index (κ3) is 4.61. The van der Waals surface area contributed by atoms with E-state index in [1.807, 2.05) is 29.0 Å². The van der Waals surface area contributed by atoms with E-state index in [1.54, 1.807) is 13.3 Å². The van der Waals surface area contributed by atoms with Crippen LogP contribution in [0.2, 0.25) is 0 Å². The van der Waals surface area contributed by atoms with E-state index in [2.05, 4.69) is 31.4 Å². The lowest BCUT2D eigenvalue weighted by Gasteiger charge is -2.29. The number of fused-ring (bicyclic) bond motifs is 2. The number of halogens is 2. The summed E-state index contributed by atoms with van der Waals surface area (Å²) in [7, 11) is 1.60. The van der Waals surface area contributed by atoms with Gasteiger partial charge in [0.1, 0.15) is 12.3 Å². The van der Waals surface area contributed by atoms with Crippen LogP contribution in [0.4, 0.5) is 14.7 Å². The van der Waals surface area contributed by atoms with Crippen molar-refractivity contribution in [2.75, 3.05) is 25.6 Å². The number of nitrogens with one attached hydrogen (secondary N) is 2. The normalized spacial score (nSPS) is 18.9. The third-order valence-corrected chi connectivity index (χ3v) is 6.18. The topological polar surface area (TPSA) is 89.4 Å². The number of methoxy groups -OCH3 is 1. The van der Waals surface area contributed by atoms with E-state index in [0.29, 0.717) is 30.0 Å². The molecule has 0 saturated heterocycles. The van der Waals surface area contributed by atoms with Crippen molar-refractivity contribution in [2.45, 2.75) is 38.2 Å². The molecule has 4 aromatic heterocycles. The van der Waals surface area contributed by atoms with Gasteiger partial charge in [-0.3, -0.25) is 0 Å². The molecule has 0 unspecified atom stereocenters. The van der Waals surface area contributed by atoms with Crippen LogP contribution in [0.25, 0.3) is 27.7 Å². The van der Waals surface area contributed by atoms with Gasteiger partial charge in [-0.25, -0.2) is 13.3 Å². The maximum Gasteiger partial charge on any atom is 0.261 e. The molecule has 1 aliphatic rings. The quantitative estimate of drug-likeness (QED) is 0.405. The van der Waals surface area contributed by atoms with Crippen molar-refractivity contribution in [1.29, 1.82) is 0 Å². The molecule has 5 rings (SSSR count). The summed E-state index contributed by atoms with van der Waals surface area (Å²) in [5.74, 6) is 1.33. The van der Waals surface area contributed by atoms with E-state index in [1.165, 1.54) is 0 Å². The van der Waals surface area contributed by atoms with Crippen LogP contribution in [-0.4, -0.2) is 57.4 Å². The van der Waals surface area contributed by atoms with Gasteiger partial charge in [-0.15, -0.1) is 0 Å². The molecular weight excluding hydrogens is 430 g/mol. The summed E-state index contributed by atoms with van der Waals surface area (Å²) in [5, 5.41) is 8.49. The number of alkyl halides is 2. The van der Waals surface area contributed by atoms with E-state index in [9.17, 15) is 8.78 Å². The Labute approximate surface area is 189 Å². The van der Waals surface area contributed by atoms with Gasteiger partial charge in [0.05, 0.1) is 18.0 Å². The van der Waals surface area contributed by atoms with Crippen molar-refractivity contribution in [3.63, 3.8) is 0 Å². The molecule has 0 radical (unpaired) electrons. The molecule has 0 atom stereocenters. The van der Waals surface area contributed by atoms with Crippen LogP contribution >= 0.6 is 0 Å². The summed E-state index contributed by atoms with van der Waals surface area (Å²) < 4.78 is 37.0. The fraction of sp³-hybridized carbons (Fsp3) is 0.435. The van der Waals surface area contributed by atoms with Gasteiger partial charge in [0.15, 0.2) is 0 Å². The van der Waals surface area contributed by atoms with Crippen molar-refractivity contribution in [2.24, 2.45) is 5.92 Å². The van der Waals surface area contributed by atoms with Crippen LogP contribution in [0.15, 0.2) is 36.8 Å². The molecule has 10 heteroatoms. The molecule has 1 aliphatic carbocycles. The predicted octanol–water partition coefficient (Wildman–Crippen LogP) is 4.53. The maximum absolute atomic E-state index is 12.2. The number of aromatic nitrogens is 5. The fourth-order valence-electron chi connectivity index (χ4n) is 4.51. The first-order chi connectivity index (χ1) is 16.1. The molecule has 33 heavy (non-hydrogen) atoms. The van der Waals surface area contributed by atoms with E-state index in [4.69, 9.17) is 9.47 Å². The lowest BCUT2D eigenvalue weighted by Crippen LogP contribution is -2.29. The lowest BCUT2D eigenvalue weighted by atomic mass is 9.86. The molecule has 1 fully saturated rings. The van der Waals surface area contributed by atoms with Crippen LogP contribution in [0, 0.1) is 5.92 Å². The van der Waals surface area contributed by atoms with Gasteiger partial charge in [0.25, 0.3) is 6.43 Å². The Kier molecular flexibility index (Phi) is 6.08. The Morgan fingerprint density at radius 3 is 2.85 bits per heavy atom. The molecule has 2 N–H and O–H groups in total. The number of rotatable bonds is 8. The van der Waals surface area contributed by atoms with E-state index >= 15 is 0 Å². The molecule has 0 amide bonds. The first-order valence-electron chi connectivity index (χ1n) is 11.1. The second-order valence-electron chi connectivity index (χ2n) is 8.39. The Bertz CT molecular complexity index is 1230. The molecule has 0 spiro atoms. The molecule has 4 aromatic rings. The highest BCUT2D eigenvalue weighted by Gasteiger charge is 2.23. The van der Waals surface area contributed by atoms with Gasteiger partial charge in [0, 0.05) is 36.8 Å². The Balaban J connectivity index is 1.31. The highest BCUT2D eigenvalue weighted by Crippen LogP contribution is 2.35. The molecule has 0 aromatic carbocycles. The zero-order valence-electron chi connectivity index (χ0n) is 18.3. The zero-order valence-corrected chi connectivity index (χ0v) is 18.3. The lowest BCUT2D eigenvalue weighted by molar-refractivity contribution is -0.00112. The van der Waals surface area contributed by atoms with Gasteiger partial charge in [-0.05, 0) is 55.4 Å². The van der Waals surface area contributed by atoms with Gasteiger partial charge in [-0.2, -0.15) is 15.1 Å². The second kappa shape index (κ2) is 9.30. The van der Waals surface area contributed by atoms with Crippen molar-refractivity contribution < 1.29 is 18.3 Å². The predicted molar refractivity (Wildman–Crippen MR) is 121 cm³/mol. The van der Waals surface area contributed by atoms with E-state index < -0.39 is 13.0 Å². The van der Waals surface area contributed by atoms with Crippen LogP contribution in [0.5, 0.6) is 5.88 Å². The van der Waals surface area contributed by atoms with Gasteiger partial charge < -0.3 is 19.8 Å². The number of ether oxygens (including phenoxy) is 2. The Hall–Kier alpha value is -3.27. The highest BCUT2D eigenvalue weighted by molar-refractivity contribution is 5.98. The SMILES string of the molecule is COc1nc(NC2CCC(COCC(F)F)CC2)nc2[nH]cc(-c3ccn4nccc4c3)c12. The number of nitrogens with zero attached hydrogens (tertiary/aromatic N) is 4. The molecule has 174 valence electrons. The number of hydrogen-bond acceptors (Lipinski definition) is 6.